The number of carbonyl (C=O) groups is 2. The van der Waals surface area contributed by atoms with Gasteiger partial charge in [0, 0.05) is 19.0 Å². The Morgan fingerprint density at radius 2 is 1.95 bits per heavy atom. The highest BCUT2D eigenvalue weighted by molar-refractivity contribution is 5.87. The molecule has 0 aliphatic heterocycles. The number of nitrogens with one attached hydrogen (secondary N) is 2. The van der Waals surface area contributed by atoms with Gasteiger partial charge in [-0.05, 0) is 24.8 Å². The van der Waals surface area contributed by atoms with E-state index >= 15 is 0 Å². The van der Waals surface area contributed by atoms with Gasteiger partial charge in [0.2, 0.25) is 11.8 Å². The molecule has 1 fully saturated rings. The fraction of sp³-hybridized carbons (Fsp3) is 0.529. The summed E-state index contributed by atoms with van der Waals surface area (Å²) in [6.45, 7) is 1.85. The molecule has 22 heavy (non-hydrogen) atoms. The van der Waals surface area contributed by atoms with Crippen LogP contribution in [0.3, 0.4) is 0 Å². The molecule has 0 aromatic heterocycles. The van der Waals surface area contributed by atoms with Gasteiger partial charge in [-0.3, -0.25) is 9.59 Å². The first kappa shape index (κ1) is 16.3. The van der Waals surface area contributed by atoms with Gasteiger partial charge in [0.05, 0.1) is 7.11 Å². The second-order valence-electron chi connectivity index (χ2n) is 5.75. The third-order valence-electron chi connectivity index (χ3n) is 4.16. The summed E-state index contributed by atoms with van der Waals surface area (Å²) in [5.74, 6) is 0.707. The summed E-state index contributed by atoms with van der Waals surface area (Å²) < 4.78 is 5.28. The molecule has 5 nitrogen and oxygen atoms in total. The van der Waals surface area contributed by atoms with Crippen molar-refractivity contribution in [2.24, 2.45) is 5.92 Å². The van der Waals surface area contributed by atoms with Crippen molar-refractivity contribution in [2.45, 2.75) is 45.2 Å². The summed E-state index contributed by atoms with van der Waals surface area (Å²) in [5, 5.41) is 5.73. The molecule has 2 rings (SSSR count). The van der Waals surface area contributed by atoms with E-state index in [1.54, 1.807) is 7.11 Å². The van der Waals surface area contributed by atoms with Crippen LogP contribution in [0.15, 0.2) is 24.3 Å². The van der Waals surface area contributed by atoms with Crippen LogP contribution in [0, 0.1) is 5.92 Å². The van der Waals surface area contributed by atoms with Gasteiger partial charge >= 0.3 is 0 Å². The van der Waals surface area contributed by atoms with Gasteiger partial charge in [0.25, 0.3) is 0 Å². The average molecular weight is 304 g/mol. The summed E-state index contributed by atoms with van der Waals surface area (Å²) in [6, 6.07) is 7.15. The van der Waals surface area contributed by atoms with E-state index in [2.05, 4.69) is 10.6 Å². The van der Waals surface area contributed by atoms with Crippen LogP contribution >= 0.6 is 0 Å². The van der Waals surface area contributed by atoms with Crippen molar-refractivity contribution >= 4 is 11.8 Å². The molecule has 0 spiro atoms. The number of hydrogen-bond donors (Lipinski definition) is 2. The topological polar surface area (TPSA) is 67.4 Å². The molecular formula is C17H24N2O3. The quantitative estimate of drug-likeness (QED) is 0.845. The zero-order valence-corrected chi connectivity index (χ0v) is 13.2. The van der Waals surface area contributed by atoms with Crippen LogP contribution in [0.4, 0.5) is 0 Å². The van der Waals surface area contributed by atoms with Gasteiger partial charge in [0.1, 0.15) is 11.8 Å². The van der Waals surface area contributed by atoms with E-state index in [-0.39, 0.29) is 17.7 Å². The molecule has 0 saturated heterocycles. The van der Waals surface area contributed by atoms with Gasteiger partial charge in [-0.25, -0.2) is 0 Å². The molecule has 2 N–H and O–H groups in total. The third kappa shape index (κ3) is 4.23. The van der Waals surface area contributed by atoms with Crippen LogP contribution < -0.4 is 15.4 Å². The molecule has 1 saturated carbocycles. The summed E-state index contributed by atoms with van der Waals surface area (Å²) >= 11 is 0. The minimum absolute atomic E-state index is 0.118. The predicted molar refractivity (Wildman–Crippen MR) is 84.4 cm³/mol. The molecule has 1 aromatic carbocycles. The minimum Gasteiger partial charge on any atom is -0.496 e. The van der Waals surface area contributed by atoms with E-state index in [1.165, 1.54) is 6.92 Å². The highest BCUT2D eigenvalue weighted by atomic mass is 16.5. The van der Waals surface area contributed by atoms with Crippen molar-refractivity contribution in [3.8, 4) is 5.75 Å². The van der Waals surface area contributed by atoms with Gasteiger partial charge < -0.3 is 15.4 Å². The number of rotatable bonds is 6. The molecule has 0 radical (unpaired) electrons. The number of hydrogen-bond acceptors (Lipinski definition) is 3. The maximum absolute atomic E-state index is 12.5. The Balaban J connectivity index is 1.99. The first-order chi connectivity index (χ1) is 10.6. The first-order valence-electron chi connectivity index (χ1n) is 7.78. The minimum atomic E-state index is -0.435. The van der Waals surface area contributed by atoms with Crippen LogP contribution in [0.2, 0.25) is 0 Å². The molecular weight excluding hydrogens is 280 g/mol. The van der Waals surface area contributed by atoms with Crippen molar-refractivity contribution < 1.29 is 14.3 Å². The standard InChI is InChI=1S/C17H24N2O3/c1-12(20)19-16(13-7-3-4-8-13)17(21)18-11-14-9-5-6-10-15(14)22-2/h5-6,9-10,13,16H,3-4,7-8,11H2,1-2H3,(H,18,21)(H,19,20)/t16-/m1/s1. The van der Waals surface area contributed by atoms with Crippen molar-refractivity contribution in [1.29, 1.82) is 0 Å². The second-order valence-corrected chi connectivity index (χ2v) is 5.75. The van der Waals surface area contributed by atoms with Crippen LogP contribution in [0.25, 0.3) is 0 Å². The molecule has 1 atom stereocenters. The summed E-state index contributed by atoms with van der Waals surface area (Å²) in [5.41, 5.74) is 0.923. The summed E-state index contributed by atoms with van der Waals surface area (Å²) in [4.78, 5) is 23.9. The molecule has 2 amide bonds. The fourth-order valence-electron chi connectivity index (χ4n) is 3.05. The largest absolute Gasteiger partial charge is 0.496 e. The zero-order valence-electron chi connectivity index (χ0n) is 13.2. The number of benzene rings is 1. The number of methoxy groups -OCH3 is 1. The Morgan fingerprint density at radius 1 is 1.27 bits per heavy atom. The average Bonchev–Trinajstić information content (AvgIpc) is 3.04. The number of amides is 2. The Kier molecular flexibility index (Phi) is 5.81. The smallest absolute Gasteiger partial charge is 0.243 e. The highest BCUT2D eigenvalue weighted by Crippen LogP contribution is 2.28. The third-order valence-corrected chi connectivity index (χ3v) is 4.16. The molecule has 0 unspecified atom stereocenters. The first-order valence-corrected chi connectivity index (χ1v) is 7.78. The van der Waals surface area contributed by atoms with Crippen LogP contribution in [-0.2, 0) is 16.1 Å². The normalized spacial score (nSPS) is 16.1. The molecule has 1 aliphatic rings. The van der Waals surface area contributed by atoms with E-state index in [4.69, 9.17) is 4.74 Å². The van der Waals surface area contributed by atoms with Crippen LogP contribution in [-0.4, -0.2) is 25.0 Å². The summed E-state index contributed by atoms with van der Waals surface area (Å²) in [6.07, 6.45) is 4.24. The molecule has 5 heteroatoms. The second kappa shape index (κ2) is 7.82. The van der Waals surface area contributed by atoms with Crippen LogP contribution in [0.5, 0.6) is 5.75 Å². The predicted octanol–water partition coefficient (Wildman–Crippen LogP) is 2.01. The van der Waals surface area contributed by atoms with E-state index in [9.17, 15) is 9.59 Å². The monoisotopic (exact) mass is 304 g/mol. The lowest BCUT2D eigenvalue weighted by molar-refractivity contribution is -0.129. The lowest BCUT2D eigenvalue weighted by Gasteiger charge is -2.23. The van der Waals surface area contributed by atoms with Crippen LogP contribution in [0.1, 0.15) is 38.2 Å². The van der Waals surface area contributed by atoms with Crippen molar-refractivity contribution in [2.75, 3.05) is 7.11 Å². The van der Waals surface area contributed by atoms with E-state index in [1.807, 2.05) is 24.3 Å². The molecule has 0 heterocycles. The van der Waals surface area contributed by atoms with Gasteiger partial charge in [-0.1, -0.05) is 31.0 Å². The van der Waals surface area contributed by atoms with Crippen molar-refractivity contribution in [3.63, 3.8) is 0 Å². The highest BCUT2D eigenvalue weighted by Gasteiger charge is 2.31. The maximum atomic E-state index is 12.5. The van der Waals surface area contributed by atoms with Crippen molar-refractivity contribution in [1.82, 2.24) is 10.6 Å². The fourth-order valence-corrected chi connectivity index (χ4v) is 3.05. The Bertz CT molecular complexity index is 524. The maximum Gasteiger partial charge on any atom is 0.243 e. The molecule has 1 aromatic rings. The number of ether oxygens (including phenoxy) is 1. The summed E-state index contributed by atoms with van der Waals surface area (Å²) in [7, 11) is 1.61. The number of para-hydroxylation sites is 1. The zero-order chi connectivity index (χ0) is 15.9. The Labute approximate surface area is 131 Å². The van der Waals surface area contributed by atoms with Crippen molar-refractivity contribution in [3.05, 3.63) is 29.8 Å². The van der Waals surface area contributed by atoms with Gasteiger partial charge in [-0.2, -0.15) is 0 Å². The van der Waals surface area contributed by atoms with E-state index in [0.717, 1.165) is 37.0 Å². The molecule has 1 aliphatic carbocycles. The molecule has 0 bridgehead atoms. The Morgan fingerprint density at radius 3 is 2.59 bits per heavy atom. The molecule has 120 valence electrons. The van der Waals surface area contributed by atoms with Gasteiger partial charge in [0.15, 0.2) is 0 Å². The Hall–Kier alpha value is -2.04. The van der Waals surface area contributed by atoms with Gasteiger partial charge in [-0.15, -0.1) is 0 Å². The lowest BCUT2D eigenvalue weighted by atomic mass is 9.97. The lowest BCUT2D eigenvalue weighted by Crippen LogP contribution is -2.49. The number of carbonyl (C=O) groups excluding carboxylic acids is 2. The van der Waals surface area contributed by atoms with E-state index in [0.29, 0.717) is 6.54 Å². The SMILES string of the molecule is COc1ccccc1CNC(=O)[C@H](NC(C)=O)C1CCCC1. The van der Waals surface area contributed by atoms with E-state index < -0.39 is 6.04 Å².